The highest BCUT2D eigenvalue weighted by Gasteiger charge is 2.12. The Bertz CT molecular complexity index is 1000. The van der Waals surface area contributed by atoms with E-state index in [1.165, 1.54) is 11.3 Å². The van der Waals surface area contributed by atoms with Gasteiger partial charge in [0.2, 0.25) is 0 Å². The first-order chi connectivity index (χ1) is 12.1. The maximum Gasteiger partial charge on any atom is 0.279 e. The van der Waals surface area contributed by atoms with E-state index in [-0.39, 0.29) is 5.91 Å². The van der Waals surface area contributed by atoms with Crippen molar-refractivity contribution in [3.05, 3.63) is 70.0 Å². The summed E-state index contributed by atoms with van der Waals surface area (Å²) in [7, 11) is 0. The van der Waals surface area contributed by atoms with E-state index in [1.807, 2.05) is 41.8 Å². The predicted molar refractivity (Wildman–Crippen MR) is 105 cm³/mol. The van der Waals surface area contributed by atoms with Crippen molar-refractivity contribution in [1.29, 1.82) is 0 Å². The minimum atomic E-state index is -0.274. The fourth-order valence-corrected chi connectivity index (χ4v) is 3.98. The molecule has 3 rings (SSSR count). The molecule has 0 spiro atoms. The van der Waals surface area contributed by atoms with Gasteiger partial charge in [0, 0.05) is 16.6 Å². The summed E-state index contributed by atoms with van der Waals surface area (Å²) in [6, 6.07) is 13.1. The molecule has 2 aromatic carbocycles. The summed E-state index contributed by atoms with van der Waals surface area (Å²) in [5.74, 6) is 0.512. The number of halogens is 1. The number of carbonyl (C=O) groups is 1. The van der Waals surface area contributed by atoms with Crippen LogP contribution < -0.4 is 9.54 Å². The Morgan fingerprint density at radius 3 is 2.88 bits per heavy atom. The zero-order chi connectivity index (χ0) is 17.8. The topological polar surface area (TPSA) is 43.6 Å². The smallest absolute Gasteiger partial charge is 0.279 e. The SMILES string of the molecule is C=CCn1c(=NC(=O)c2cccc(Br)c2)sc2cccc(OCC)c21. The highest BCUT2D eigenvalue weighted by Crippen LogP contribution is 2.27. The molecule has 25 heavy (non-hydrogen) atoms. The molecule has 0 radical (unpaired) electrons. The minimum Gasteiger partial charge on any atom is -0.492 e. The maximum atomic E-state index is 12.6. The van der Waals surface area contributed by atoms with Crippen LogP contribution in [0.25, 0.3) is 10.2 Å². The zero-order valence-electron chi connectivity index (χ0n) is 13.7. The molecule has 3 aromatic rings. The Morgan fingerprint density at radius 1 is 1.36 bits per heavy atom. The third-order valence-corrected chi connectivity index (χ3v) is 5.08. The molecular formula is C19H17BrN2O2S. The normalized spacial score (nSPS) is 11.7. The summed E-state index contributed by atoms with van der Waals surface area (Å²) < 4.78 is 9.58. The summed E-state index contributed by atoms with van der Waals surface area (Å²) in [5, 5.41) is 0. The lowest BCUT2D eigenvalue weighted by Gasteiger charge is -2.07. The Morgan fingerprint density at radius 2 is 2.16 bits per heavy atom. The van der Waals surface area contributed by atoms with Gasteiger partial charge in [-0.3, -0.25) is 4.79 Å². The quantitative estimate of drug-likeness (QED) is 0.561. The van der Waals surface area contributed by atoms with Crippen LogP contribution in [-0.4, -0.2) is 17.1 Å². The van der Waals surface area contributed by atoms with Crippen LogP contribution in [0.1, 0.15) is 17.3 Å². The highest BCUT2D eigenvalue weighted by atomic mass is 79.9. The molecule has 0 unspecified atom stereocenters. The number of benzene rings is 2. The molecule has 128 valence electrons. The number of amides is 1. The lowest BCUT2D eigenvalue weighted by molar-refractivity contribution is 0.0998. The lowest BCUT2D eigenvalue weighted by atomic mass is 10.2. The van der Waals surface area contributed by atoms with Gasteiger partial charge in [-0.05, 0) is 37.3 Å². The Labute approximate surface area is 158 Å². The summed E-state index contributed by atoms with van der Waals surface area (Å²) >= 11 is 4.85. The molecule has 1 aromatic heterocycles. The second-order valence-electron chi connectivity index (χ2n) is 5.25. The Kier molecular flexibility index (Phi) is 5.50. The standard InChI is InChI=1S/C19H17BrN2O2S/c1-3-11-22-17-15(24-4-2)9-6-10-16(17)25-19(22)21-18(23)13-7-5-8-14(20)12-13/h3,5-10,12H,1,4,11H2,2H3. The molecule has 0 aliphatic rings. The van der Waals surface area contributed by atoms with E-state index < -0.39 is 0 Å². The van der Waals surface area contributed by atoms with Crippen molar-refractivity contribution in [1.82, 2.24) is 4.57 Å². The van der Waals surface area contributed by atoms with E-state index in [1.54, 1.807) is 18.2 Å². The van der Waals surface area contributed by atoms with Crippen LogP contribution in [0.15, 0.2) is 64.6 Å². The van der Waals surface area contributed by atoms with Gasteiger partial charge in [-0.1, -0.05) is 45.5 Å². The van der Waals surface area contributed by atoms with Crippen molar-refractivity contribution in [2.24, 2.45) is 4.99 Å². The monoisotopic (exact) mass is 416 g/mol. The van der Waals surface area contributed by atoms with E-state index in [2.05, 4.69) is 27.5 Å². The maximum absolute atomic E-state index is 12.6. The third-order valence-electron chi connectivity index (χ3n) is 3.54. The number of rotatable bonds is 5. The number of allylic oxidation sites excluding steroid dienone is 1. The van der Waals surface area contributed by atoms with Gasteiger partial charge in [0.15, 0.2) is 4.80 Å². The van der Waals surface area contributed by atoms with Crippen molar-refractivity contribution >= 4 is 43.4 Å². The fraction of sp³-hybridized carbons (Fsp3) is 0.158. The number of hydrogen-bond acceptors (Lipinski definition) is 3. The number of hydrogen-bond donors (Lipinski definition) is 0. The van der Waals surface area contributed by atoms with Gasteiger partial charge in [0.25, 0.3) is 5.91 Å². The van der Waals surface area contributed by atoms with Gasteiger partial charge in [0.05, 0.1) is 11.3 Å². The van der Waals surface area contributed by atoms with E-state index in [9.17, 15) is 4.79 Å². The fourth-order valence-electron chi connectivity index (χ4n) is 2.53. The molecule has 0 saturated carbocycles. The summed E-state index contributed by atoms with van der Waals surface area (Å²) in [6.07, 6.45) is 1.79. The largest absolute Gasteiger partial charge is 0.492 e. The highest BCUT2D eigenvalue weighted by molar-refractivity contribution is 9.10. The Balaban J connectivity index is 2.18. The van der Waals surface area contributed by atoms with E-state index in [4.69, 9.17) is 4.74 Å². The molecule has 0 atom stereocenters. The summed E-state index contributed by atoms with van der Waals surface area (Å²) in [5.41, 5.74) is 1.48. The first-order valence-corrected chi connectivity index (χ1v) is 9.45. The van der Waals surface area contributed by atoms with Crippen molar-refractivity contribution in [2.75, 3.05) is 6.61 Å². The zero-order valence-corrected chi connectivity index (χ0v) is 16.1. The molecule has 0 N–H and O–H groups in total. The summed E-state index contributed by atoms with van der Waals surface area (Å²) in [4.78, 5) is 17.5. The number of thiazole rings is 1. The predicted octanol–water partition coefficient (Wildman–Crippen LogP) is 4.79. The molecular weight excluding hydrogens is 400 g/mol. The lowest BCUT2D eigenvalue weighted by Crippen LogP contribution is -2.16. The van der Waals surface area contributed by atoms with Gasteiger partial charge in [-0.25, -0.2) is 0 Å². The van der Waals surface area contributed by atoms with E-state index in [0.717, 1.165) is 20.4 Å². The minimum absolute atomic E-state index is 0.274. The number of aromatic nitrogens is 1. The van der Waals surface area contributed by atoms with Crippen LogP contribution in [0.3, 0.4) is 0 Å². The number of fused-ring (bicyclic) bond motifs is 1. The van der Waals surface area contributed by atoms with Gasteiger partial charge < -0.3 is 9.30 Å². The molecule has 0 fully saturated rings. The average molecular weight is 417 g/mol. The van der Waals surface area contributed by atoms with E-state index in [0.29, 0.717) is 23.5 Å². The Hall–Kier alpha value is -2.18. The van der Waals surface area contributed by atoms with Crippen molar-refractivity contribution in [2.45, 2.75) is 13.5 Å². The van der Waals surface area contributed by atoms with Crippen molar-refractivity contribution in [3.63, 3.8) is 0 Å². The molecule has 0 saturated heterocycles. The van der Waals surface area contributed by atoms with Crippen LogP contribution in [-0.2, 0) is 6.54 Å². The molecule has 1 amide bonds. The number of carbonyl (C=O) groups excluding carboxylic acids is 1. The number of nitrogens with zero attached hydrogens (tertiary/aromatic N) is 2. The van der Waals surface area contributed by atoms with Gasteiger partial charge in [-0.2, -0.15) is 4.99 Å². The van der Waals surface area contributed by atoms with Gasteiger partial charge in [0.1, 0.15) is 11.3 Å². The first kappa shape index (κ1) is 17.6. The second-order valence-corrected chi connectivity index (χ2v) is 7.17. The van der Waals surface area contributed by atoms with E-state index >= 15 is 0 Å². The molecule has 1 heterocycles. The second kappa shape index (κ2) is 7.80. The van der Waals surface area contributed by atoms with Crippen molar-refractivity contribution < 1.29 is 9.53 Å². The van der Waals surface area contributed by atoms with Gasteiger partial charge in [-0.15, -0.1) is 6.58 Å². The van der Waals surface area contributed by atoms with Crippen LogP contribution in [0, 0.1) is 0 Å². The van der Waals surface area contributed by atoms with Crippen molar-refractivity contribution in [3.8, 4) is 5.75 Å². The van der Waals surface area contributed by atoms with Crippen LogP contribution in [0.5, 0.6) is 5.75 Å². The van der Waals surface area contributed by atoms with Gasteiger partial charge >= 0.3 is 0 Å². The molecule has 0 bridgehead atoms. The first-order valence-electron chi connectivity index (χ1n) is 7.84. The molecule has 0 aliphatic carbocycles. The van der Waals surface area contributed by atoms with Crippen LogP contribution in [0.4, 0.5) is 0 Å². The van der Waals surface area contributed by atoms with Crippen LogP contribution in [0.2, 0.25) is 0 Å². The molecule has 0 aliphatic heterocycles. The van der Waals surface area contributed by atoms with Crippen LogP contribution >= 0.6 is 27.3 Å². The number of ether oxygens (including phenoxy) is 1. The number of para-hydroxylation sites is 1. The molecule has 4 nitrogen and oxygen atoms in total. The third kappa shape index (κ3) is 3.75. The summed E-state index contributed by atoms with van der Waals surface area (Å²) in [6.45, 7) is 6.89. The molecule has 6 heteroatoms. The average Bonchev–Trinajstić information content (AvgIpc) is 2.94.